The molecule has 2 atom stereocenters. The van der Waals surface area contributed by atoms with E-state index in [4.69, 9.17) is 14.2 Å². The van der Waals surface area contributed by atoms with E-state index < -0.39 is 12.2 Å². The first-order valence-electron chi connectivity index (χ1n) is 9.05. The number of methoxy groups -OCH3 is 1. The normalized spacial score (nSPS) is 12.9. The first-order valence-corrected chi connectivity index (χ1v) is 9.05. The van der Waals surface area contributed by atoms with Gasteiger partial charge < -0.3 is 19.3 Å². The van der Waals surface area contributed by atoms with Gasteiger partial charge in [0.05, 0.1) is 14.2 Å². The number of carbonyl (C=O) groups excluding carboxylic acids is 1. The number of rotatable bonds is 11. The molecule has 0 saturated carbocycles. The molecule has 2 rings (SSSR count). The first-order chi connectivity index (χ1) is 13.6. The van der Waals surface area contributed by atoms with Crippen molar-refractivity contribution in [2.75, 3.05) is 27.4 Å². The van der Waals surface area contributed by atoms with Gasteiger partial charge in [0.15, 0.2) is 0 Å². The van der Waals surface area contributed by atoms with Crippen LogP contribution in [0.25, 0.3) is 0 Å². The van der Waals surface area contributed by atoms with Crippen LogP contribution in [-0.4, -0.2) is 44.6 Å². The average molecular weight is 389 g/mol. The molecule has 2 N–H and O–H groups in total. The molecule has 0 aromatic heterocycles. The van der Waals surface area contributed by atoms with Gasteiger partial charge in [0.25, 0.3) is 5.91 Å². The van der Waals surface area contributed by atoms with Gasteiger partial charge in [0.1, 0.15) is 30.3 Å². The predicted octanol–water partition coefficient (Wildman–Crippen LogP) is 2.43. The van der Waals surface area contributed by atoms with E-state index in [0.717, 1.165) is 11.1 Å². The molecule has 0 aliphatic carbocycles. The molecule has 7 nitrogen and oxygen atoms in total. The fourth-order valence-electron chi connectivity index (χ4n) is 2.65. The van der Waals surface area contributed by atoms with E-state index in [9.17, 15) is 9.90 Å². The number of amides is 1. The van der Waals surface area contributed by atoms with Crippen LogP contribution in [0.5, 0.6) is 11.5 Å². The lowest BCUT2D eigenvalue weighted by molar-refractivity contribution is -0.143. The van der Waals surface area contributed by atoms with Crippen LogP contribution < -0.4 is 15.0 Å². The van der Waals surface area contributed by atoms with Crippen LogP contribution in [0.4, 0.5) is 0 Å². The standard InChI is InChI=1S/C21H27NO6/c1-4-27-20(21(24)22-26-3)12-15-8-10-17(11-9-15)28-14-19(23)16-6-5-7-18(13-16)25-2/h5-11,13,19-20,23H,4,12,14H2,1-3H3,(H,22,24)/t19-,20+/m1/s1. The van der Waals surface area contributed by atoms with Crippen molar-refractivity contribution in [1.82, 2.24) is 5.48 Å². The van der Waals surface area contributed by atoms with Crippen molar-refractivity contribution in [2.24, 2.45) is 0 Å². The van der Waals surface area contributed by atoms with Crippen LogP contribution in [0.2, 0.25) is 0 Å². The summed E-state index contributed by atoms with van der Waals surface area (Å²) in [6.45, 7) is 2.37. The predicted molar refractivity (Wildman–Crippen MR) is 104 cm³/mol. The molecule has 0 saturated heterocycles. The Morgan fingerprint density at radius 2 is 1.86 bits per heavy atom. The molecule has 0 fully saturated rings. The topological polar surface area (TPSA) is 86.3 Å². The van der Waals surface area contributed by atoms with Crippen LogP contribution in [0.15, 0.2) is 48.5 Å². The van der Waals surface area contributed by atoms with Gasteiger partial charge >= 0.3 is 0 Å². The number of aliphatic hydroxyl groups is 1. The molecule has 28 heavy (non-hydrogen) atoms. The Labute approximate surface area is 165 Å². The van der Waals surface area contributed by atoms with E-state index in [-0.39, 0.29) is 12.5 Å². The highest BCUT2D eigenvalue weighted by atomic mass is 16.6. The highest BCUT2D eigenvalue weighted by molar-refractivity contribution is 5.80. The summed E-state index contributed by atoms with van der Waals surface area (Å²) >= 11 is 0. The SMILES string of the molecule is CCO[C@@H](Cc1ccc(OC[C@@H](O)c2cccc(OC)c2)cc1)C(=O)NOC. The lowest BCUT2D eigenvalue weighted by Crippen LogP contribution is -2.37. The lowest BCUT2D eigenvalue weighted by atomic mass is 10.1. The van der Waals surface area contributed by atoms with Crippen molar-refractivity contribution in [3.8, 4) is 11.5 Å². The maximum atomic E-state index is 11.9. The molecule has 0 heterocycles. The molecular weight excluding hydrogens is 362 g/mol. The third-order valence-electron chi connectivity index (χ3n) is 4.09. The molecule has 152 valence electrons. The zero-order chi connectivity index (χ0) is 20.4. The molecule has 0 aliphatic heterocycles. The van der Waals surface area contributed by atoms with Gasteiger partial charge in [0, 0.05) is 13.0 Å². The van der Waals surface area contributed by atoms with Crippen molar-refractivity contribution >= 4 is 5.91 Å². The highest BCUT2D eigenvalue weighted by Crippen LogP contribution is 2.21. The number of hydrogen-bond donors (Lipinski definition) is 2. The third-order valence-corrected chi connectivity index (χ3v) is 4.09. The van der Waals surface area contributed by atoms with Gasteiger partial charge in [-0.2, -0.15) is 0 Å². The van der Waals surface area contributed by atoms with Crippen molar-refractivity contribution in [1.29, 1.82) is 0 Å². The summed E-state index contributed by atoms with van der Waals surface area (Å²) in [6.07, 6.45) is -0.989. The second-order valence-corrected chi connectivity index (χ2v) is 6.07. The van der Waals surface area contributed by atoms with E-state index in [0.29, 0.717) is 24.5 Å². The van der Waals surface area contributed by atoms with Crippen molar-refractivity contribution < 1.29 is 28.9 Å². The van der Waals surface area contributed by atoms with Crippen LogP contribution in [-0.2, 0) is 20.8 Å². The van der Waals surface area contributed by atoms with E-state index in [1.807, 2.05) is 37.3 Å². The summed E-state index contributed by atoms with van der Waals surface area (Å²) in [5.41, 5.74) is 3.94. The number of benzene rings is 2. The Kier molecular flexibility index (Phi) is 8.74. The maximum Gasteiger partial charge on any atom is 0.272 e. The quantitative estimate of drug-likeness (QED) is 0.574. The van der Waals surface area contributed by atoms with E-state index in [2.05, 4.69) is 10.3 Å². The Balaban J connectivity index is 1.91. The van der Waals surface area contributed by atoms with Crippen LogP contribution in [0.1, 0.15) is 24.2 Å². The largest absolute Gasteiger partial charge is 0.497 e. The number of aliphatic hydroxyl groups excluding tert-OH is 1. The number of hydroxylamine groups is 1. The van der Waals surface area contributed by atoms with Gasteiger partial charge in [-0.25, -0.2) is 5.48 Å². The fraction of sp³-hybridized carbons (Fsp3) is 0.381. The second-order valence-electron chi connectivity index (χ2n) is 6.07. The van der Waals surface area contributed by atoms with Gasteiger partial charge in [-0.15, -0.1) is 0 Å². The fourth-order valence-corrected chi connectivity index (χ4v) is 2.65. The third kappa shape index (κ3) is 6.53. The molecule has 0 spiro atoms. The number of nitrogens with one attached hydrogen (secondary N) is 1. The van der Waals surface area contributed by atoms with E-state index >= 15 is 0 Å². The van der Waals surface area contributed by atoms with E-state index in [1.54, 1.807) is 25.3 Å². The summed E-state index contributed by atoms with van der Waals surface area (Å²) in [6, 6.07) is 14.5. The van der Waals surface area contributed by atoms with Crippen molar-refractivity contribution in [3.05, 3.63) is 59.7 Å². The summed E-state index contributed by atoms with van der Waals surface area (Å²) in [7, 11) is 2.96. The lowest BCUT2D eigenvalue weighted by Gasteiger charge is -2.16. The molecule has 2 aromatic carbocycles. The number of hydrogen-bond acceptors (Lipinski definition) is 6. The van der Waals surface area contributed by atoms with Crippen LogP contribution in [0.3, 0.4) is 0 Å². The molecular formula is C21H27NO6. The summed E-state index contributed by atoms with van der Waals surface area (Å²) in [5.74, 6) is 0.980. The molecule has 0 aliphatic rings. The molecule has 7 heteroatoms. The molecule has 1 amide bonds. The second kappa shape index (κ2) is 11.3. The van der Waals surface area contributed by atoms with Crippen molar-refractivity contribution in [2.45, 2.75) is 25.6 Å². The molecule has 2 aromatic rings. The van der Waals surface area contributed by atoms with Gasteiger partial charge in [-0.1, -0.05) is 24.3 Å². The summed E-state index contributed by atoms with van der Waals surface area (Å²) < 4.78 is 16.3. The number of carbonyl (C=O) groups is 1. The van der Waals surface area contributed by atoms with Crippen LogP contribution in [0, 0.1) is 0 Å². The molecule has 0 bridgehead atoms. The minimum absolute atomic E-state index is 0.115. The minimum Gasteiger partial charge on any atom is -0.497 e. The number of ether oxygens (including phenoxy) is 3. The zero-order valence-electron chi connectivity index (χ0n) is 16.4. The van der Waals surface area contributed by atoms with Gasteiger partial charge in [0.2, 0.25) is 0 Å². The average Bonchev–Trinajstić information content (AvgIpc) is 2.72. The van der Waals surface area contributed by atoms with E-state index in [1.165, 1.54) is 7.11 Å². The Hall–Kier alpha value is -2.61. The van der Waals surface area contributed by atoms with Crippen molar-refractivity contribution in [3.63, 3.8) is 0 Å². The minimum atomic E-state index is -0.769. The Morgan fingerprint density at radius 3 is 2.50 bits per heavy atom. The Morgan fingerprint density at radius 1 is 1.11 bits per heavy atom. The first kappa shape index (κ1) is 21.7. The zero-order valence-corrected chi connectivity index (χ0v) is 16.4. The van der Waals surface area contributed by atoms with Gasteiger partial charge in [-0.05, 0) is 42.3 Å². The van der Waals surface area contributed by atoms with Gasteiger partial charge in [-0.3, -0.25) is 9.63 Å². The summed E-state index contributed by atoms with van der Waals surface area (Å²) in [4.78, 5) is 16.6. The Bertz CT molecular complexity index is 734. The maximum absolute atomic E-state index is 11.9. The molecule has 0 radical (unpaired) electrons. The monoisotopic (exact) mass is 389 g/mol. The smallest absolute Gasteiger partial charge is 0.272 e. The highest BCUT2D eigenvalue weighted by Gasteiger charge is 2.19. The summed E-state index contributed by atoms with van der Waals surface area (Å²) in [5, 5.41) is 10.3. The molecule has 0 unspecified atom stereocenters. The van der Waals surface area contributed by atoms with Crippen LogP contribution >= 0.6 is 0 Å².